The zero-order chi connectivity index (χ0) is 27.2. The predicted molar refractivity (Wildman–Crippen MR) is 154 cm³/mol. The summed E-state index contributed by atoms with van der Waals surface area (Å²) >= 11 is 0. The monoisotopic (exact) mass is 518 g/mol. The van der Waals surface area contributed by atoms with Gasteiger partial charge in [0.2, 0.25) is 0 Å². The number of esters is 2. The molecule has 0 aliphatic carbocycles. The Balaban J connectivity index is 3.69. The van der Waals surface area contributed by atoms with Crippen molar-refractivity contribution in [2.45, 2.75) is 129 Å². The summed E-state index contributed by atoms with van der Waals surface area (Å²) in [6, 6.07) is 0. The van der Waals surface area contributed by atoms with Crippen molar-refractivity contribution < 1.29 is 24.2 Å². The lowest BCUT2D eigenvalue weighted by molar-refractivity contribution is -0.161. The Kier molecular flexibility index (Phi) is 26.8. The average Bonchev–Trinajstić information content (AvgIpc) is 2.90. The number of aliphatic hydroxyl groups is 1. The molecule has 0 aliphatic heterocycles. The van der Waals surface area contributed by atoms with Crippen LogP contribution in [0, 0.1) is 0 Å². The van der Waals surface area contributed by atoms with E-state index in [1.807, 2.05) is 6.08 Å². The molecule has 0 radical (unpaired) electrons. The Hall–Kier alpha value is -2.14. The Morgan fingerprint density at radius 1 is 0.649 bits per heavy atom. The maximum absolute atomic E-state index is 12.0. The van der Waals surface area contributed by atoms with E-state index in [2.05, 4.69) is 56.4 Å². The van der Waals surface area contributed by atoms with Crippen molar-refractivity contribution in [1.29, 1.82) is 0 Å². The maximum atomic E-state index is 12.0. The van der Waals surface area contributed by atoms with Crippen LogP contribution in [0.1, 0.15) is 123 Å². The summed E-state index contributed by atoms with van der Waals surface area (Å²) in [6.45, 7) is 3.89. The first-order valence-electron chi connectivity index (χ1n) is 14.7. The second-order valence-corrected chi connectivity index (χ2v) is 9.50. The van der Waals surface area contributed by atoms with E-state index in [-0.39, 0.29) is 25.2 Å². The molecule has 5 nitrogen and oxygen atoms in total. The number of allylic oxidation sites excluding steroid dienone is 8. The first kappa shape index (κ1) is 34.9. The molecule has 0 spiro atoms. The van der Waals surface area contributed by atoms with Gasteiger partial charge in [0, 0.05) is 12.8 Å². The SMILES string of the molecule is CC/C=C/C=C/C=C/CCCCCCCC(=O)OCC(CO)OC(=O)CCCCCC/C=C/CCCC. The molecule has 1 N–H and O–H groups in total. The number of aliphatic hydroxyl groups excluding tert-OH is 1. The number of hydrogen-bond donors (Lipinski definition) is 1. The fourth-order valence-electron chi connectivity index (χ4n) is 3.65. The molecule has 0 aromatic rings. The van der Waals surface area contributed by atoms with Crippen molar-refractivity contribution in [2.24, 2.45) is 0 Å². The van der Waals surface area contributed by atoms with Gasteiger partial charge in [0.15, 0.2) is 6.10 Å². The van der Waals surface area contributed by atoms with Crippen molar-refractivity contribution >= 4 is 11.9 Å². The van der Waals surface area contributed by atoms with Gasteiger partial charge in [0.25, 0.3) is 0 Å². The van der Waals surface area contributed by atoms with E-state index in [0.717, 1.165) is 77.0 Å². The second kappa shape index (κ2) is 28.4. The molecule has 0 aliphatic rings. The molecule has 0 bridgehead atoms. The highest BCUT2D eigenvalue weighted by Gasteiger charge is 2.16. The van der Waals surface area contributed by atoms with Crippen LogP contribution >= 0.6 is 0 Å². The first-order valence-corrected chi connectivity index (χ1v) is 14.7. The molecule has 5 heteroatoms. The second-order valence-electron chi connectivity index (χ2n) is 9.50. The van der Waals surface area contributed by atoms with Gasteiger partial charge < -0.3 is 14.6 Å². The minimum Gasteiger partial charge on any atom is -0.462 e. The highest BCUT2D eigenvalue weighted by atomic mass is 16.6. The molecular weight excluding hydrogens is 464 g/mol. The molecule has 0 saturated heterocycles. The predicted octanol–water partition coefficient (Wildman–Crippen LogP) is 8.33. The largest absolute Gasteiger partial charge is 0.462 e. The molecule has 0 aromatic heterocycles. The van der Waals surface area contributed by atoms with Crippen LogP contribution in [-0.4, -0.2) is 36.4 Å². The summed E-state index contributed by atoms with van der Waals surface area (Å²) in [5.74, 6) is -0.640. The van der Waals surface area contributed by atoms with Crippen LogP contribution in [0.4, 0.5) is 0 Å². The first-order chi connectivity index (χ1) is 18.1. The van der Waals surface area contributed by atoms with E-state index >= 15 is 0 Å². The lowest BCUT2D eigenvalue weighted by Crippen LogP contribution is -2.28. The fraction of sp³-hybridized carbons (Fsp3) is 0.688. The average molecular weight is 519 g/mol. The van der Waals surface area contributed by atoms with E-state index in [9.17, 15) is 14.7 Å². The number of hydrogen-bond acceptors (Lipinski definition) is 5. The van der Waals surface area contributed by atoms with E-state index in [0.29, 0.717) is 12.8 Å². The van der Waals surface area contributed by atoms with Gasteiger partial charge in [-0.1, -0.05) is 107 Å². The van der Waals surface area contributed by atoms with Crippen molar-refractivity contribution in [3.05, 3.63) is 48.6 Å². The summed E-state index contributed by atoms with van der Waals surface area (Å²) in [6.07, 6.45) is 33.0. The van der Waals surface area contributed by atoms with Gasteiger partial charge in [-0.2, -0.15) is 0 Å². The summed E-state index contributed by atoms with van der Waals surface area (Å²) < 4.78 is 10.5. The molecular formula is C32H54O5. The van der Waals surface area contributed by atoms with Gasteiger partial charge in [-0.05, 0) is 51.4 Å². The number of rotatable bonds is 25. The van der Waals surface area contributed by atoms with Gasteiger partial charge in [-0.15, -0.1) is 0 Å². The molecule has 212 valence electrons. The molecule has 0 amide bonds. The van der Waals surface area contributed by atoms with Crippen LogP contribution in [0.3, 0.4) is 0 Å². The topological polar surface area (TPSA) is 72.8 Å². The van der Waals surface area contributed by atoms with Crippen LogP contribution in [0.15, 0.2) is 48.6 Å². The van der Waals surface area contributed by atoms with E-state index in [1.54, 1.807) is 0 Å². The third-order valence-electron chi connectivity index (χ3n) is 5.92. The van der Waals surface area contributed by atoms with Gasteiger partial charge in [0.05, 0.1) is 6.61 Å². The van der Waals surface area contributed by atoms with E-state index < -0.39 is 6.10 Å². The van der Waals surface area contributed by atoms with Crippen LogP contribution < -0.4 is 0 Å². The van der Waals surface area contributed by atoms with Crippen LogP contribution in [0.5, 0.6) is 0 Å². The van der Waals surface area contributed by atoms with Crippen molar-refractivity contribution in [2.75, 3.05) is 13.2 Å². The Morgan fingerprint density at radius 3 is 1.81 bits per heavy atom. The Labute approximate surface area is 227 Å². The molecule has 37 heavy (non-hydrogen) atoms. The summed E-state index contributed by atoms with van der Waals surface area (Å²) in [7, 11) is 0. The number of carbonyl (C=O) groups is 2. The molecule has 0 saturated carbocycles. The van der Waals surface area contributed by atoms with Crippen LogP contribution in [0.2, 0.25) is 0 Å². The van der Waals surface area contributed by atoms with Gasteiger partial charge >= 0.3 is 11.9 Å². The quantitative estimate of drug-likeness (QED) is 0.0569. The fourth-order valence-corrected chi connectivity index (χ4v) is 3.65. The number of ether oxygens (including phenoxy) is 2. The highest BCUT2D eigenvalue weighted by Crippen LogP contribution is 2.10. The summed E-state index contributed by atoms with van der Waals surface area (Å²) in [5, 5.41) is 9.45. The van der Waals surface area contributed by atoms with Crippen molar-refractivity contribution in [3.63, 3.8) is 0 Å². The Bertz CT molecular complexity index is 648. The van der Waals surface area contributed by atoms with Gasteiger partial charge in [0.1, 0.15) is 6.61 Å². The van der Waals surface area contributed by atoms with Crippen LogP contribution in [-0.2, 0) is 19.1 Å². The molecule has 1 atom stereocenters. The zero-order valence-electron chi connectivity index (χ0n) is 23.7. The summed E-state index contributed by atoms with van der Waals surface area (Å²) in [4.78, 5) is 24.0. The smallest absolute Gasteiger partial charge is 0.306 e. The number of carbonyl (C=O) groups excluding carboxylic acids is 2. The third-order valence-corrected chi connectivity index (χ3v) is 5.92. The number of unbranched alkanes of at least 4 members (excludes halogenated alkanes) is 11. The third kappa shape index (κ3) is 26.7. The molecule has 1 unspecified atom stereocenters. The normalized spacial score (nSPS) is 12.8. The summed E-state index contributed by atoms with van der Waals surface area (Å²) in [5.41, 5.74) is 0. The standard InChI is InChI=1S/C32H54O5/c1-3-5-7-9-11-13-15-16-17-19-20-22-24-26-31(34)36-29-30(28-33)37-32(35)27-25-23-21-18-14-12-10-8-6-4-2/h5,7,9-13,15,30,33H,3-4,6,8,14,16-29H2,1-2H3/b7-5+,11-9+,12-10+,15-13+. The van der Waals surface area contributed by atoms with Crippen LogP contribution in [0.25, 0.3) is 0 Å². The van der Waals surface area contributed by atoms with Crippen molar-refractivity contribution in [3.8, 4) is 0 Å². The van der Waals surface area contributed by atoms with Crippen molar-refractivity contribution in [1.82, 2.24) is 0 Å². The zero-order valence-corrected chi connectivity index (χ0v) is 23.7. The Morgan fingerprint density at radius 2 is 1.19 bits per heavy atom. The molecule has 0 fully saturated rings. The molecule has 0 aromatic carbocycles. The van der Waals surface area contributed by atoms with E-state index in [4.69, 9.17) is 9.47 Å². The van der Waals surface area contributed by atoms with E-state index in [1.165, 1.54) is 19.3 Å². The maximum Gasteiger partial charge on any atom is 0.306 e. The lowest BCUT2D eigenvalue weighted by atomic mass is 10.1. The minimum absolute atomic E-state index is 0.0829. The highest BCUT2D eigenvalue weighted by molar-refractivity contribution is 5.70. The van der Waals surface area contributed by atoms with Gasteiger partial charge in [-0.3, -0.25) is 9.59 Å². The molecule has 0 heterocycles. The molecule has 0 rings (SSSR count). The van der Waals surface area contributed by atoms with Gasteiger partial charge in [-0.25, -0.2) is 0 Å². The lowest BCUT2D eigenvalue weighted by Gasteiger charge is -2.15. The minimum atomic E-state index is -0.782.